The first kappa shape index (κ1) is 17.6. The summed E-state index contributed by atoms with van der Waals surface area (Å²) in [5.41, 5.74) is 0.487. The summed E-state index contributed by atoms with van der Waals surface area (Å²) in [4.78, 5) is 11.7. The molecule has 0 radical (unpaired) electrons. The van der Waals surface area contributed by atoms with E-state index in [-0.39, 0.29) is 12.6 Å². The highest BCUT2D eigenvalue weighted by Gasteiger charge is 2.11. The minimum atomic E-state index is -0.375. The van der Waals surface area contributed by atoms with E-state index in [0.29, 0.717) is 49.2 Å². The van der Waals surface area contributed by atoms with Crippen molar-refractivity contribution < 1.29 is 19.4 Å². The molecule has 2 amide bonds. The molecule has 21 heavy (non-hydrogen) atoms. The first-order valence-corrected chi connectivity index (χ1v) is 7.21. The number of urea groups is 1. The molecule has 1 rings (SSSR count). The van der Waals surface area contributed by atoms with Gasteiger partial charge in [0.2, 0.25) is 0 Å². The molecule has 0 aliphatic carbocycles. The summed E-state index contributed by atoms with van der Waals surface area (Å²) in [7, 11) is 0. The molecule has 0 aliphatic heterocycles. The van der Waals surface area contributed by atoms with Crippen molar-refractivity contribution in [3.8, 4) is 5.75 Å². The number of benzene rings is 1. The zero-order valence-corrected chi connectivity index (χ0v) is 12.8. The molecule has 0 fully saturated rings. The third kappa shape index (κ3) is 6.66. The Morgan fingerprint density at radius 2 is 2.19 bits per heavy atom. The number of carbonyl (C=O) groups is 1. The fourth-order valence-corrected chi connectivity index (χ4v) is 1.78. The van der Waals surface area contributed by atoms with Crippen LogP contribution in [-0.4, -0.2) is 44.1 Å². The van der Waals surface area contributed by atoms with Crippen LogP contribution in [0.1, 0.15) is 13.3 Å². The van der Waals surface area contributed by atoms with E-state index in [4.69, 9.17) is 26.2 Å². The quantitative estimate of drug-likeness (QED) is 0.611. The monoisotopic (exact) mass is 316 g/mol. The highest BCUT2D eigenvalue weighted by molar-refractivity contribution is 6.32. The van der Waals surface area contributed by atoms with E-state index in [2.05, 4.69) is 10.6 Å². The molecule has 118 valence electrons. The van der Waals surface area contributed by atoms with E-state index < -0.39 is 0 Å². The predicted molar refractivity (Wildman–Crippen MR) is 82.2 cm³/mol. The van der Waals surface area contributed by atoms with E-state index in [0.717, 1.165) is 0 Å². The summed E-state index contributed by atoms with van der Waals surface area (Å²) in [6, 6.07) is 4.74. The summed E-state index contributed by atoms with van der Waals surface area (Å²) in [6.45, 7) is 3.73. The van der Waals surface area contributed by atoms with Gasteiger partial charge in [-0.1, -0.05) is 17.7 Å². The van der Waals surface area contributed by atoms with E-state index in [1.54, 1.807) is 18.2 Å². The normalized spacial score (nSPS) is 10.2. The second kappa shape index (κ2) is 10.3. The fraction of sp³-hybridized carbons (Fsp3) is 0.500. The number of halogens is 1. The van der Waals surface area contributed by atoms with Gasteiger partial charge in [-0.2, -0.15) is 0 Å². The smallest absolute Gasteiger partial charge is 0.319 e. The molecule has 0 saturated carbocycles. The molecule has 1 aromatic carbocycles. The molecule has 3 N–H and O–H groups in total. The lowest BCUT2D eigenvalue weighted by Gasteiger charge is -2.14. The molecule has 6 nitrogen and oxygen atoms in total. The van der Waals surface area contributed by atoms with Gasteiger partial charge >= 0.3 is 6.03 Å². The average Bonchev–Trinajstić information content (AvgIpc) is 2.46. The van der Waals surface area contributed by atoms with Crippen LogP contribution in [0, 0.1) is 0 Å². The number of nitrogens with one attached hydrogen (secondary N) is 2. The zero-order chi connectivity index (χ0) is 15.5. The van der Waals surface area contributed by atoms with Gasteiger partial charge in [0.15, 0.2) is 5.75 Å². The van der Waals surface area contributed by atoms with Crippen LogP contribution in [0.5, 0.6) is 5.75 Å². The van der Waals surface area contributed by atoms with Crippen LogP contribution in [0.15, 0.2) is 18.2 Å². The van der Waals surface area contributed by atoms with Crippen molar-refractivity contribution >= 4 is 23.3 Å². The van der Waals surface area contributed by atoms with Gasteiger partial charge < -0.3 is 25.2 Å². The lowest BCUT2D eigenvalue weighted by molar-refractivity contribution is 0.110. The van der Waals surface area contributed by atoms with Crippen molar-refractivity contribution in [1.82, 2.24) is 5.32 Å². The van der Waals surface area contributed by atoms with E-state index in [1.807, 2.05) is 6.92 Å². The van der Waals surface area contributed by atoms with Crippen LogP contribution in [-0.2, 0) is 4.74 Å². The molecule has 0 spiro atoms. The Labute approximate surface area is 129 Å². The molecule has 0 unspecified atom stereocenters. The number of ether oxygens (including phenoxy) is 2. The molecule has 0 heterocycles. The summed E-state index contributed by atoms with van der Waals surface area (Å²) in [6.07, 6.45) is 0.501. The Hall–Kier alpha value is -1.50. The van der Waals surface area contributed by atoms with Gasteiger partial charge in [0, 0.05) is 19.8 Å². The highest BCUT2D eigenvalue weighted by Crippen LogP contribution is 2.32. The third-order valence-electron chi connectivity index (χ3n) is 2.51. The first-order valence-electron chi connectivity index (χ1n) is 6.83. The third-order valence-corrected chi connectivity index (χ3v) is 2.81. The SMILES string of the molecule is CCOCCOc1c(Cl)cccc1NC(=O)NCCCO. The fourth-order valence-electron chi connectivity index (χ4n) is 1.55. The Bertz CT molecular complexity index is 443. The largest absolute Gasteiger partial charge is 0.487 e. The molecular weight excluding hydrogens is 296 g/mol. The van der Waals surface area contributed by atoms with Gasteiger partial charge in [0.1, 0.15) is 6.61 Å². The summed E-state index contributed by atoms with van der Waals surface area (Å²) in [5.74, 6) is 0.413. The molecule has 0 saturated heterocycles. The molecule has 1 aromatic rings. The zero-order valence-electron chi connectivity index (χ0n) is 12.0. The van der Waals surface area contributed by atoms with Crippen molar-refractivity contribution in [3.05, 3.63) is 23.2 Å². The molecule has 0 bridgehead atoms. The lowest BCUT2D eigenvalue weighted by Crippen LogP contribution is -2.30. The van der Waals surface area contributed by atoms with Crippen LogP contribution in [0.4, 0.5) is 10.5 Å². The average molecular weight is 317 g/mol. The standard InChI is InChI=1S/C14H21ClN2O4/c1-2-20-9-10-21-13-11(15)5-3-6-12(13)17-14(19)16-7-4-8-18/h3,5-6,18H,2,4,7-10H2,1H3,(H2,16,17,19). The number of aliphatic hydroxyl groups is 1. The van der Waals surface area contributed by atoms with Crippen molar-refractivity contribution in [2.45, 2.75) is 13.3 Å². The number of carbonyl (C=O) groups excluding carboxylic acids is 1. The minimum Gasteiger partial charge on any atom is -0.487 e. The number of amides is 2. The van der Waals surface area contributed by atoms with Crippen LogP contribution in [0.25, 0.3) is 0 Å². The number of aliphatic hydroxyl groups excluding tert-OH is 1. The molecule has 7 heteroatoms. The number of para-hydroxylation sites is 1. The summed E-state index contributed by atoms with van der Waals surface area (Å²) >= 11 is 6.08. The van der Waals surface area contributed by atoms with Gasteiger partial charge in [-0.3, -0.25) is 0 Å². The number of hydrogen-bond donors (Lipinski definition) is 3. The van der Waals surface area contributed by atoms with Crippen molar-refractivity contribution in [3.63, 3.8) is 0 Å². The van der Waals surface area contributed by atoms with E-state index in [9.17, 15) is 4.79 Å². The van der Waals surface area contributed by atoms with Gasteiger partial charge in [0.25, 0.3) is 0 Å². The Kier molecular flexibility index (Phi) is 8.57. The number of rotatable bonds is 9. The van der Waals surface area contributed by atoms with Crippen LogP contribution in [0.2, 0.25) is 5.02 Å². The topological polar surface area (TPSA) is 79.8 Å². The molecular formula is C14H21ClN2O4. The maximum atomic E-state index is 11.7. The Morgan fingerprint density at radius 3 is 2.90 bits per heavy atom. The van der Waals surface area contributed by atoms with Gasteiger partial charge in [0.05, 0.1) is 17.3 Å². The van der Waals surface area contributed by atoms with Crippen molar-refractivity contribution in [1.29, 1.82) is 0 Å². The van der Waals surface area contributed by atoms with E-state index >= 15 is 0 Å². The Morgan fingerprint density at radius 1 is 1.38 bits per heavy atom. The van der Waals surface area contributed by atoms with Crippen molar-refractivity contribution in [2.24, 2.45) is 0 Å². The molecule has 0 aromatic heterocycles. The summed E-state index contributed by atoms with van der Waals surface area (Å²) < 4.78 is 10.7. The van der Waals surface area contributed by atoms with Crippen molar-refractivity contribution in [2.75, 3.05) is 38.3 Å². The predicted octanol–water partition coefficient (Wildman–Crippen LogP) is 2.26. The summed E-state index contributed by atoms with van der Waals surface area (Å²) in [5, 5.41) is 14.4. The van der Waals surface area contributed by atoms with Gasteiger partial charge in [-0.05, 0) is 25.5 Å². The number of hydrogen-bond acceptors (Lipinski definition) is 4. The number of anilines is 1. The first-order chi connectivity index (χ1) is 10.2. The lowest BCUT2D eigenvalue weighted by atomic mass is 10.3. The highest BCUT2D eigenvalue weighted by atomic mass is 35.5. The Balaban J connectivity index is 2.59. The molecule has 0 aliphatic rings. The molecule has 0 atom stereocenters. The second-order valence-electron chi connectivity index (χ2n) is 4.12. The maximum absolute atomic E-state index is 11.7. The van der Waals surface area contributed by atoms with Gasteiger partial charge in [-0.15, -0.1) is 0 Å². The second-order valence-corrected chi connectivity index (χ2v) is 4.53. The van der Waals surface area contributed by atoms with E-state index in [1.165, 1.54) is 0 Å². The van der Waals surface area contributed by atoms with Crippen LogP contribution >= 0.6 is 11.6 Å². The van der Waals surface area contributed by atoms with Gasteiger partial charge in [-0.25, -0.2) is 4.79 Å². The van der Waals surface area contributed by atoms with Crippen LogP contribution < -0.4 is 15.4 Å². The minimum absolute atomic E-state index is 0.0310. The van der Waals surface area contributed by atoms with Crippen LogP contribution in [0.3, 0.4) is 0 Å². The maximum Gasteiger partial charge on any atom is 0.319 e.